The molecule has 1 aliphatic rings. The summed E-state index contributed by atoms with van der Waals surface area (Å²) in [6.45, 7) is 13.9. The number of amides is 5. The average molecular weight is 655 g/mol. The summed E-state index contributed by atoms with van der Waals surface area (Å²) in [7, 11) is 0. The van der Waals surface area contributed by atoms with E-state index in [4.69, 9.17) is 4.74 Å². The van der Waals surface area contributed by atoms with Crippen LogP contribution in [0.1, 0.15) is 80.2 Å². The van der Waals surface area contributed by atoms with Gasteiger partial charge in [0.2, 0.25) is 29.5 Å². The van der Waals surface area contributed by atoms with Crippen LogP contribution in [0.15, 0.2) is 30.5 Å². The van der Waals surface area contributed by atoms with E-state index in [1.807, 2.05) is 38.1 Å². The van der Waals surface area contributed by atoms with Crippen molar-refractivity contribution in [2.24, 2.45) is 11.8 Å². The smallest absolute Gasteiger partial charge is 0.306 e. The third kappa shape index (κ3) is 10.8. The third-order valence-electron chi connectivity index (χ3n) is 7.76. The largest absolute Gasteiger partial charge is 0.460 e. The van der Waals surface area contributed by atoms with Gasteiger partial charge in [-0.1, -0.05) is 45.9 Å². The molecule has 5 amide bonds. The van der Waals surface area contributed by atoms with Gasteiger partial charge in [0, 0.05) is 29.9 Å². The van der Waals surface area contributed by atoms with Gasteiger partial charge in [-0.05, 0) is 64.0 Å². The van der Waals surface area contributed by atoms with Gasteiger partial charge in [0.25, 0.3) is 0 Å². The fraction of sp³-hybridized carbons (Fsp3) is 0.588. The maximum atomic E-state index is 14.0. The predicted molar refractivity (Wildman–Crippen MR) is 177 cm³/mol. The van der Waals surface area contributed by atoms with Crippen molar-refractivity contribution in [3.63, 3.8) is 0 Å². The zero-order chi connectivity index (χ0) is 35.1. The average Bonchev–Trinajstić information content (AvgIpc) is 3.37. The van der Waals surface area contributed by atoms with Crippen molar-refractivity contribution in [1.29, 1.82) is 0 Å². The molecule has 1 fully saturated rings. The summed E-state index contributed by atoms with van der Waals surface area (Å²) in [5, 5.41) is 14.5. The molecule has 0 unspecified atom stereocenters. The maximum Gasteiger partial charge on any atom is 0.306 e. The molecule has 0 bridgehead atoms. The zero-order valence-electron chi connectivity index (χ0n) is 28.6. The van der Waals surface area contributed by atoms with Crippen LogP contribution < -0.4 is 26.6 Å². The highest BCUT2D eigenvalue weighted by molar-refractivity contribution is 5.98. The fourth-order valence-corrected chi connectivity index (χ4v) is 5.36. The standard InChI is InChI=1S/C34H50N6O7/c1-18(2)15-25-31(44)38-26(16-21-17-35-23-12-10-9-11-22(21)23)32(45)37-24(13-14-27(41)47-34(6,7)8)30(43)36-20(5)29(42)40-28(19(3)4)33(46)39-25/h9-12,17-20,24-26,28,35H,13-16H2,1-8H3,(H,36,43)(H,37,45)(H,38,44)(H,39,46)(H,40,42)/t20-,24+,25-,26+,28+/m0/s1. The number of H-pyrrole nitrogens is 1. The molecule has 258 valence electrons. The van der Waals surface area contributed by atoms with Gasteiger partial charge in [0.15, 0.2) is 0 Å². The van der Waals surface area contributed by atoms with Gasteiger partial charge in [0.1, 0.15) is 35.8 Å². The topological polar surface area (TPSA) is 188 Å². The highest BCUT2D eigenvalue weighted by Crippen LogP contribution is 2.20. The first-order valence-corrected chi connectivity index (χ1v) is 16.2. The Morgan fingerprint density at radius 3 is 2.02 bits per heavy atom. The van der Waals surface area contributed by atoms with Gasteiger partial charge < -0.3 is 36.3 Å². The summed E-state index contributed by atoms with van der Waals surface area (Å²) in [6, 6.07) is 2.02. The van der Waals surface area contributed by atoms with E-state index in [1.54, 1.807) is 40.8 Å². The van der Waals surface area contributed by atoms with Crippen LogP contribution in [-0.2, 0) is 39.9 Å². The van der Waals surface area contributed by atoms with E-state index in [2.05, 4.69) is 31.6 Å². The first-order valence-electron chi connectivity index (χ1n) is 16.2. The normalized spacial score (nSPS) is 23.7. The lowest BCUT2D eigenvalue weighted by Crippen LogP contribution is -2.59. The highest BCUT2D eigenvalue weighted by atomic mass is 16.6. The molecule has 3 rings (SSSR count). The molecule has 1 aliphatic heterocycles. The van der Waals surface area contributed by atoms with Crippen LogP contribution in [0.2, 0.25) is 0 Å². The molecule has 47 heavy (non-hydrogen) atoms. The number of carbonyl (C=O) groups excluding carboxylic acids is 6. The molecule has 2 aromatic rings. The first-order chi connectivity index (χ1) is 21.9. The Balaban J connectivity index is 2.04. The van der Waals surface area contributed by atoms with E-state index in [9.17, 15) is 28.8 Å². The number of esters is 1. The summed E-state index contributed by atoms with van der Waals surface area (Å²) >= 11 is 0. The Bertz CT molecular complexity index is 1460. The second-order valence-corrected chi connectivity index (χ2v) is 14.0. The second kappa shape index (κ2) is 15.9. The second-order valence-electron chi connectivity index (χ2n) is 14.0. The molecule has 0 spiro atoms. The van der Waals surface area contributed by atoms with Crippen LogP contribution in [0, 0.1) is 11.8 Å². The minimum atomic E-state index is -1.25. The van der Waals surface area contributed by atoms with E-state index in [0.29, 0.717) is 0 Å². The van der Waals surface area contributed by atoms with Gasteiger partial charge in [0.05, 0.1) is 0 Å². The number of hydrogen-bond acceptors (Lipinski definition) is 7. The maximum absolute atomic E-state index is 14.0. The molecule has 1 aromatic carbocycles. The number of benzene rings is 1. The Morgan fingerprint density at radius 1 is 0.787 bits per heavy atom. The number of aromatic nitrogens is 1. The molecular weight excluding hydrogens is 604 g/mol. The zero-order valence-corrected chi connectivity index (χ0v) is 28.6. The number of carbonyl (C=O) groups is 6. The van der Waals surface area contributed by atoms with Gasteiger partial charge >= 0.3 is 5.97 Å². The third-order valence-corrected chi connectivity index (χ3v) is 7.76. The Kier molecular flexibility index (Phi) is 12.5. The van der Waals surface area contributed by atoms with Crippen molar-refractivity contribution >= 4 is 46.4 Å². The lowest BCUT2D eigenvalue weighted by molar-refractivity contribution is -0.155. The highest BCUT2D eigenvalue weighted by Gasteiger charge is 2.35. The van der Waals surface area contributed by atoms with Crippen LogP contribution in [0.4, 0.5) is 0 Å². The Morgan fingerprint density at radius 2 is 1.38 bits per heavy atom. The quantitative estimate of drug-likeness (QED) is 0.235. The molecule has 0 aliphatic carbocycles. The molecular formula is C34H50N6O7. The predicted octanol–water partition coefficient (Wildman–Crippen LogP) is 1.99. The van der Waals surface area contributed by atoms with Crippen molar-refractivity contribution in [2.75, 3.05) is 0 Å². The first kappa shape index (κ1) is 37.0. The number of rotatable bonds is 8. The van der Waals surface area contributed by atoms with E-state index in [0.717, 1.165) is 16.5 Å². The van der Waals surface area contributed by atoms with Crippen LogP contribution >= 0.6 is 0 Å². The van der Waals surface area contributed by atoms with Gasteiger partial charge in [-0.3, -0.25) is 28.8 Å². The SMILES string of the molecule is CC(C)C[C@@H]1NC(=O)[C@@H](C(C)C)NC(=O)[C@H](C)NC(=O)[C@@H](CCC(=O)OC(C)(C)C)NC(=O)[C@@H](Cc2c[nH]c3ccccc23)NC1=O. The van der Waals surface area contributed by atoms with E-state index < -0.39 is 71.3 Å². The van der Waals surface area contributed by atoms with Gasteiger partial charge in [-0.15, -0.1) is 0 Å². The van der Waals surface area contributed by atoms with Crippen LogP contribution in [-0.4, -0.2) is 76.3 Å². The molecule has 0 saturated carbocycles. The monoisotopic (exact) mass is 654 g/mol. The number of para-hydroxylation sites is 1. The summed E-state index contributed by atoms with van der Waals surface area (Å²) in [5.41, 5.74) is 0.842. The van der Waals surface area contributed by atoms with Crippen molar-refractivity contribution < 1.29 is 33.5 Å². The lowest BCUT2D eigenvalue weighted by Gasteiger charge is -2.27. The molecule has 2 heterocycles. The number of hydrogen-bond donors (Lipinski definition) is 6. The lowest BCUT2D eigenvalue weighted by atomic mass is 9.98. The minimum Gasteiger partial charge on any atom is -0.460 e. The van der Waals surface area contributed by atoms with E-state index >= 15 is 0 Å². The van der Waals surface area contributed by atoms with Crippen molar-refractivity contribution in [3.05, 3.63) is 36.0 Å². The molecule has 0 radical (unpaired) electrons. The van der Waals surface area contributed by atoms with Crippen molar-refractivity contribution in [1.82, 2.24) is 31.6 Å². The molecule has 13 nitrogen and oxygen atoms in total. The fourth-order valence-electron chi connectivity index (χ4n) is 5.36. The number of nitrogens with one attached hydrogen (secondary N) is 6. The van der Waals surface area contributed by atoms with E-state index in [1.165, 1.54) is 6.92 Å². The number of aromatic amines is 1. The van der Waals surface area contributed by atoms with Gasteiger partial charge in [-0.25, -0.2) is 0 Å². The Hall–Kier alpha value is -4.42. The molecule has 1 saturated heterocycles. The van der Waals surface area contributed by atoms with Crippen molar-refractivity contribution in [3.8, 4) is 0 Å². The summed E-state index contributed by atoms with van der Waals surface area (Å²) in [6.07, 6.45) is 1.77. The van der Waals surface area contributed by atoms with Crippen molar-refractivity contribution in [2.45, 2.75) is 117 Å². The summed E-state index contributed by atoms with van der Waals surface area (Å²) < 4.78 is 5.40. The number of fused-ring (bicyclic) bond motifs is 1. The van der Waals surface area contributed by atoms with Gasteiger partial charge in [-0.2, -0.15) is 0 Å². The Labute approximate surface area is 276 Å². The summed E-state index contributed by atoms with van der Waals surface area (Å²) in [4.78, 5) is 83.7. The molecule has 5 atom stereocenters. The van der Waals surface area contributed by atoms with Crippen LogP contribution in [0.5, 0.6) is 0 Å². The molecule has 1 aromatic heterocycles. The minimum absolute atomic E-state index is 0.000182. The van der Waals surface area contributed by atoms with E-state index in [-0.39, 0.29) is 37.5 Å². The molecule has 6 N–H and O–H groups in total. The summed E-state index contributed by atoms with van der Waals surface area (Å²) in [5.74, 6) is -4.06. The molecule has 13 heteroatoms. The van der Waals surface area contributed by atoms with Crippen LogP contribution in [0.25, 0.3) is 10.9 Å². The number of ether oxygens (including phenoxy) is 1. The van der Waals surface area contributed by atoms with Crippen LogP contribution in [0.3, 0.4) is 0 Å².